The Bertz CT molecular complexity index is 151. The fourth-order valence-corrected chi connectivity index (χ4v) is 0.658. The molecule has 7 heteroatoms. The van der Waals surface area contributed by atoms with Crippen LogP contribution in [-0.2, 0) is 18.9 Å². The van der Waals surface area contributed by atoms with Gasteiger partial charge in [0.25, 0.3) is 5.00 Å². The van der Waals surface area contributed by atoms with E-state index >= 15 is 0 Å². The zero-order chi connectivity index (χ0) is 9.61. The first kappa shape index (κ1) is 11.6. The molecule has 0 aliphatic rings. The van der Waals surface area contributed by atoms with Gasteiger partial charge in [-0.25, -0.2) is 14.4 Å². The van der Waals surface area contributed by atoms with Crippen LogP contribution in [0.2, 0.25) is 0 Å². The summed E-state index contributed by atoms with van der Waals surface area (Å²) in [7, 11) is 0. The second-order valence-electron chi connectivity index (χ2n) is 1.86. The van der Waals surface area contributed by atoms with Gasteiger partial charge in [-0.3, -0.25) is 0 Å². The summed E-state index contributed by atoms with van der Waals surface area (Å²) in [4.78, 5) is 10.7. The third-order valence-corrected chi connectivity index (χ3v) is 1.47. The summed E-state index contributed by atoms with van der Waals surface area (Å²) in [5, 5.41) is 8.41. The van der Waals surface area contributed by atoms with Crippen LogP contribution in [0.1, 0.15) is 13.8 Å². The van der Waals surface area contributed by atoms with Crippen LogP contribution in [0.4, 0.5) is 4.39 Å². The molecule has 5 nitrogen and oxygen atoms in total. The molecular weight excluding hydrogens is 191 g/mol. The van der Waals surface area contributed by atoms with Gasteiger partial charge < -0.3 is 4.74 Å². The van der Waals surface area contributed by atoms with Gasteiger partial charge >= 0.3 is 5.97 Å². The van der Waals surface area contributed by atoms with Crippen LogP contribution < -0.4 is 0 Å². The minimum atomic E-state index is -2.39. The molecule has 0 saturated heterocycles. The van der Waals surface area contributed by atoms with Crippen molar-refractivity contribution in [2.75, 3.05) is 6.61 Å². The highest BCUT2D eigenvalue weighted by molar-refractivity contribution is 7.96. The minimum absolute atomic E-state index is 0.0133. The number of ether oxygens (including phenoxy) is 1. The molecule has 0 aromatic carbocycles. The molecule has 0 amide bonds. The first-order valence-electron chi connectivity index (χ1n) is 3.06. The van der Waals surface area contributed by atoms with Gasteiger partial charge in [-0.15, -0.1) is 4.33 Å². The van der Waals surface area contributed by atoms with Gasteiger partial charge in [0.1, 0.15) is 0 Å². The fourth-order valence-electron chi connectivity index (χ4n) is 0.373. The molecule has 12 heavy (non-hydrogen) atoms. The lowest BCUT2D eigenvalue weighted by Gasteiger charge is -2.14. The standard InChI is InChI=1S/C5H9FO5S/c1-3-9-4(7)5(2,6)12-11-10-8/h8H,3H2,1-2H3. The zero-order valence-corrected chi connectivity index (χ0v) is 7.39. The highest BCUT2D eigenvalue weighted by Crippen LogP contribution is 2.28. The molecule has 1 unspecified atom stereocenters. The van der Waals surface area contributed by atoms with E-state index in [1.54, 1.807) is 6.92 Å². The Morgan fingerprint density at radius 2 is 2.33 bits per heavy atom. The Hall–Kier alpha value is -0.370. The molecule has 0 heterocycles. The van der Waals surface area contributed by atoms with E-state index in [0.29, 0.717) is 0 Å². The maximum atomic E-state index is 13.0. The topological polar surface area (TPSA) is 65.0 Å². The van der Waals surface area contributed by atoms with Gasteiger partial charge in [0.15, 0.2) is 0 Å². The third kappa shape index (κ3) is 3.86. The lowest BCUT2D eigenvalue weighted by atomic mass is 10.4. The molecule has 0 aliphatic carbocycles. The van der Waals surface area contributed by atoms with Crippen LogP contribution in [0.5, 0.6) is 0 Å². The van der Waals surface area contributed by atoms with E-state index in [0.717, 1.165) is 6.92 Å². The average molecular weight is 200 g/mol. The summed E-state index contributed by atoms with van der Waals surface area (Å²) in [6.07, 6.45) is 0. The number of carbonyl (C=O) groups excluding carboxylic acids is 1. The Balaban J connectivity index is 3.90. The molecule has 72 valence electrons. The lowest BCUT2D eigenvalue weighted by molar-refractivity contribution is -0.432. The van der Waals surface area contributed by atoms with Crippen molar-refractivity contribution in [1.82, 2.24) is 0 Å². The molecular formula is C5H9FO5S. The van der Waals surface area contributed by atoms with Crippen LogP contribution in [0.25, 0.3) is 0 Å². The van der Waals surface area contributed by atoms with Gasteiger partial charge in [0.05, 0.1) is 18.6 Å². The lowest BCUT2D eigenvalue weighted by Crippen LogP contribution is -2.28. The van der Waals surface area contributed by atoms with Gasteiger partial charge in [-0.05, 0) is 13.8 Å². The number of carbonyl (C=O) groups is 1. The number of rotatable bonds is 5. The maximum absolute atomic E-state index is 13.0. The summed E-state index contributed by atoms with van der Waals surface area (Å²) in [5.74, 6) is -1.09. The minimum Gasteiger partial charge on any atom is -0.463 e. The molecule has 0 aromatic rings. The number of alkyl halides is 1. The number of hydrogen-bond donors (Lipinski definition) is 1. The average Bonchev–Trinajstić information content (AvgIpc) is 2.01. The number of hydrogen-bond acceptors (Lipinski definition) is 6. The molecule has 0 aromatic heterocycles. The highest BCUT2D eigenvalue weighted by Gasteiger charge is 2.37. The second kappa shape index (κ2) is 5.31. The van der Waals surface area contributed by atoms with Crippen molar-refractivity contribution in [3.05, 3.63) is 0 Å². The molecule has 0 aliphatic heterocycles. The Kier molecular flexibility index (Phi) is 5.14. The summed E-state index contributed by atoms with van der Waals surface area (Å²) in [6, 6.07) is 0. The van der Waals surface area contributed by atoms with Crippen LogP contribution in [0.15, 0.2) is 0 Å². The molecule has 0 rings (SSSR count). The highest BCUT2D eigenvalue weighted by atomic mass is 32.2. The Morgan fingerprint density at radius 1 is 1.75 bits per heavy atom. The Morgan fingerprint density at radius 3 is 2.75 bits per heavy atom. The monoisotopic (exact) mass is 200 g/mol. The summed E-state index contributed by atoms with van der Waals surface area (Å²) >= 11 is 0.0133. The fraction of sp³-hybridized carbons (Fsp3) is 0.800. The van der Waals surface area contributed by atoms with Crippen LogP contribution in [0.3, 0.4) is 0 Å². The third-order valence-electron chi connectivity index (χ3n) is 0.861. The predicted molar refractivity (Wildman–Crippen MR) is 38.5 cm³/mol. The summed E-state index contributed by atoms with van der Waals surface area (Å²) in [6.45, 7) is 2.54. The molecule has 0 spiro atoms. The molecule has 0 saturated carbocycles. The van der Waals surface area contributed by atoms with Crippen LogP contribution in [-0.4, -0.2) is 22.8 Å². The van der Waals surface area contributed by atoms with Crippen molar-refractivity contribution in [3.63, 3.8) is 0 Å². The van der Waals surface area contributed by atoms with E-state index in [2.05, 4.69) is 14.1 Å². The van der Waals surface area contributed by atoms with E-state index in [-0.39, 0.29) is 18.6 Å². The van der Waals surface area contributed by atoms with Crippen LogP contribution >= 0.6 is 12.0 Å². The van der Waals surface area contributed by atoms with E-state index in [9.17, 15) is 9.18 Å². The van der Waals surface area contributed by atoms with Gasteiger partial charge in [-0.2, -0.15) is 0 Å². The quantitative estimate of drug-likeness (QED) is 0.312. The van der Waals surface area contributed by atoms with Crippen molar-refractivity contribution in [1.29, 1.82) is 0 Å². The van der Waals surface area contributed by atoms with Gasteiger partial charge in [0, 0.05) is 0 Å². The van der Waals surface area contributed by atoms with Crippen molar-refractivity contribution in [3.8, 4) is 0 Å². The van der Waals surface area contributed by atoms with Gasteiger partial charge in [-0.1, -0.05) is 5.04 Å². The molecule has 0 bridgehead atoms. The van der Waals surface area contributed by atoms with E-state index < -0.39 is 11.0 Å². The van der Waals surface area contributed by atoms with Crippen LogP contribution in [0, 0.1) is 0 Å². The zero-order valence-electron chi connectivity index (χ0n) is 6.57. The maximum Gasteiger partial charge on any atom is 0.356 e. The number of halogens is 1. The van der Waals surface area contributed by atoms with Gasteiger partial charge in [0.2, 0.25) is 0 Å². The van der Waals surface area contributed by atoms with Crippen molar-refractivity contribution >= 4 is 18.0 Å². The largest absolute Gasteiger partial charge is 0.463 e. The molecule has 0 fully saturated rings. The van der Waals surface area contributed by atoms with E-state index in [1.807, 2.05) is 0 Å². The SMILES string of the molecule is CCOC(=O)C(C)(F)SOOO. The molecule has 0 radical (unpaired) electrons. The smallest absolute Gasteiger partial charge is 0.356 e. The van der Waals surface area contributed by atoms with E-state index in [4.69, 9.17) is 5.26 Å². The summed E-state index contributed by atoms with van der Waals surface area (Å²) < 4.78 is 21.1. The summed E-state index contributed by atoms with van der Waals surface area (Å²) in [5.41, 5.74) is 0. The second-order valence-corrected chi connectivity index (χ2v) is 2.93. The molecule has 1 atom stereocenters. The first-order chi connectivity index (χ1) is 5.54. The Labute approximate surface area is 72.9 Å². The molecule has 1 N–H and O–H groups in total. The van der Waals surface area contributed by atoms with Crippen molar-refractivity contribution in [2.24, 2.45) is 0 Å². The number of esters is 1. The normalized spacial score (nSPS) is 15.3. The van der Waals surface area contributed by atoms with E-state index in [1.165, 1.54) is 0 Å². The van der Waals surface area contributed by atoms with Crippen molar-refractivity contribution < 1.29 is 28.6 Å². The van der Waals surface area contributed by atoms with Crippen molar-refractivity contribution in [2.45, 2.75) is 18.8 Å². The first-order valence-corrected chi connectivity index (χ1v) is 3.80. The predicted octanol–water partition coefficient (Wildman–Crippen LogP) is 1.30.